The Morgan fingerprint density at radius 1 is 0.875 bits per heavy atom. The van der Waals surface area contributed by atoms with Crippen LogP contribution in [0.4, 0.5) is 5.69 Å². The molecule has 0 atom stereocenters. The van der Waals surface area contributed by atoms with Gasteiger partial charge in [-0.3, -0.25) is 19.7 Å². The number of hydrogen-bond acceptors (Lipinski definition) is 7. The first-order valence-electron chi connectivity index (χ1n) is 11.6. The van der Waals surface area contributed by atoms with Crippen LogP contribution in [0.5, 0.6) is 5.75 Å². The predicted octanol–water partition coefficient (Wildman–Crippen LogP) is 5.89. The number of nitro groups is 1. The maximum absolute atomic E-state index is 11.9. The van der Waals surface area contributed by atoms with Gasteiger partial charge in [0.1, 0.15) is 6.61 Å². The van der Waals surface area contributed by atoms with Gasteiger partial charge in [0.2, 0.25) is 0 Å². The number of nitro benzene ring substituents is 1. The zero-order valence-corrected chi connectivity index (χ0v) is 19.4. The van der Waals surface area contributed by atoms with E-state index in [1.807, 2.05) is 0 Å². The SMILES string of the molecule is CCCCCCCCCCCOC(=O)CCCC(=O)OCc1ccc(OC)c([N+](=O)[O-])c1. The largest absolute Gasteiger partial charge is 0.490 e. The molecule has 0 aromatic heterocycles. The molecule has 0 saturated heterocycles. The molecule has 180 valence electrons. The van der Waals surface area contributed by atoms with Crippen LogP contribution in [0.3, 0.4) is 0 Å². The molecule has 0 heterocycles. The summed E-state index contributed by atoms with van der Waals surface area (Å²) in [7, 11) is 1.35. The molecule has 0 amide bonds. The highest BCUT2D eigenvalue weighted by Crippen LogP contribution is 2.27. The Balaban J connectivity index is 2.09. The summed E-state index contributed by atoms with van der Waals surface area (Å²) in [5.41, 5.74) is 0.307. The van der Waals surface area contributed by atoms with Crippen molar-refractivity contribution in [1.82, 2.24) is 0 Å². The van der Waals surface area contributed by atoms with Crippen LogP contribution in [-0.2, 0) is 25.7 Å². The number of benzene rings is 1. The zero-order valence-electron chi connectivity index (χ0n) is 19.4. The minimum absolute atomic E-state index is 0.0767. The fraction of sp³-hybridized carbons (Fsp3) is 0.667. The van der Waals surface area contributed by atoms with Crippen molar-refractivity contribution >= 4 is 17.6 Å². The van der Waals surface area contributed by atoms with Crippen LogP contribution in [-0.4, -0.2) is 30.6 Å². The standard InChI is InChI=1S/C24H37NO7/c1-3-4-5-6-7-8-9-10-11-17-31-23(26)13-12-14-24(27)32-19-20-15-16-22(30-2)21(18-20)25(28)29/h15-16,18H,3-14,17,19H2,1-2H3. The van der Waals surface area contributed by atoms with Crippen LogP contribution in [0.2, 0.25) is 0 Å². The second-order valence-electron chi connectivity index (χ2n) is 7.83. The van der Waals surface area contributed by atoms with Gasteiger partial charge in [-0.2, -0.15) is 0 Å². The first kappa shape index (κ1) is 27.4. The number of ether oxygens (including phenoxy) is 3. The summed E-state index contributed by atoms with van der Waals surface area (Å²) < 4.78 is 15.3. The highest BCUT2D eigenvalue weighted by atomic mass is 16.6. The Kier molecular flexibility index (Phi) is 14.5. The number of hydrogen-bond donors (Lipinski definition) is 0. The van der Waals surface area contributed by atoms with Crippen LogP contribution in [0.1, 0.15) is 89.5 Å². The fourth-order valence-electron chi connectivity index (χ4n) is 3.25. The van der Waals surface area contributed by atoms with Crippen molar-refractivity contribution in [1.29, 1.82) is 0 Å². The van der Waals surface area contributed by atoms with Crippen LogP contribution in [0.25, 0.3) is 0 Å². The second kappa shape index (κ2) is 17.0. The first-order chi connectivity index (χ1) is 15.5. The molecule has 0 aliphatic heterocycles. The Bertz CT molecular complexity index is 706. The van der Waals surface area contributed by atoms with Gasteiger partial charge in [0.05, 0.1) is 18.6 Å². The Morgan fingerprint density at radius 2 is 1.47 bits per heavy atom. The van der Waals surface area contributed by atoms with Gasteiger partial charge in [-0.05, 0) is 24.5 Å². The number of unbranched alkanes of at least 4 members (excludes halogenated alkanes) is 8. The summed E-state index contributed by atoms with van der Waals surface area (Å²) in [6.45, 7) is 2.57. The van der Waals surface area contributed by atoms with Gasteiger partial charge in [0, 0.05) is 18.9 Å². The molecule has 0 saturated carbocycles. The molecular formula is C24H37NO7. The van der Waals surface area contributed by atoms with Crippen LogP contribution in [0, 0.1) is 10.1 Å². The lowest BCUT2D eigenvalue weighted by Crippen LogP contribution is -2.09. The van der Waals surface area contributed by atoms with Crippen molar-refractivity contribution in [2.75, 3.05) is 13.7 Å². The van der Waals surface area contributed by atoms with Crippen molar-refractivity contribution in [3.63, 3.8) is 0 Å². The summed E-state index contributed by atoms with van der Waals surface area (Å²) in [6, 6.07) is 4.38. The molecule has 0 bridgehead atoms. The van der Waals surface area contributed by atoms with Crippen molar-refractivity contribution in [3.05, 3.63) is 33.9 Å². The van der Waals surface area contributed by atoms with Crippen molar-refractivity contribution in [2.45, 2.75) is 90.6 Å². The average Bonchev–Trinajstić information content (AvgIpc) is 2.78. The lowest BCUT2D eigenvalue weighted by Gasteiger charge is -2.07. The number of esters is 2. The molecule has 1 rings (SSSR count). The minimum atomic E-state index is -0.551. The van der Waals surface area contributed by atoms with E-state index in [4.69, 9.17) is 14.2 Å². The molecule has 0 unspecified atom stereocenters. The monoisotopic (exact) mass is 451 g/mol. The Labute approximate surface area is 190 Å². The summed E-state index contributed by atoms with van der Waals surface area (Å²) in [5.74, 6) is -0.621. The normalized spacial score (nSPS) is 10.6. The predicted molar refractivity (Wildman–Crippen MR) is 121 cm³/mol. The number of carbonyl (C=O) groups excluding carboxylic acids is 2. The number of nitrogens with zero attached hydrogens (tertiary/aromatic N) is 1. The highest BCUT2D eigenvalue weighted by molar-refractivity contribution is 5.72. The number of rotatable bonds is 18. The van der Waals surface area contributed by atoms with Crippen molar-refractivity contribution < 1.29 is 28.7 Å². The molecule has 32 heavy (non-hydrogen) atoms. The topological polar surface area (TPSA) is 105 Å². The summed E-state index contributed by atoms with van der Waals surface area (Å²) in [5, 5.41) is 11.0. The van der Waals surface area contributed by atoms with Gasteiger partial charge in [0.15, 0.2) is 5.75 Å². The van der Waals surface area contributed by atoms with Gasteiger partial charge < -0.3 is 14.2 Å². The summed E-state index contributed by atoms with van der Waals surface area (Å²) in [6.07, 6.45) is 11.5. The number of methoxy groups -OCH3 is 1. The molecule has 0 fully saturated rings. The molecule has 0 radical (unpaired) electrons. The third kappa shape index (κ3) is 12.3. The van der Waals surface area contributed by atoms with E-state index in [-0.39, 0.29) is 36.9 Å². The third-order valence-corrected chi connectivity index (χ3v) is 5.11. The van der Waals surface area contributed by atoms with Gasteiger partial charge in [-0.15, -0.1) is 0 Å². The van der Waals surface area contributed by atoms with Crippen LogP contribution < -0.4 is 4.74 Å². The molecule has 0 aliphatic rings. The smallest absolute Gasteiger partial charge is 0.311 e. The molecule has 8 nitrogen and oxygen atoms in total. The zero-order chi connectivity index (χ0) is 23.6. The third-order valence-electron chi connectivity index (χ3n) is 5.11. The van der Waals surface area contributed by atoms with Gasteiger partial charge >= 0.3 is 17.6 Å². The van der Waals surface area contributed by atoms with E-state index in [1.54, 1.807) is 6.07 Å². The molecule has 1 aromatic rings. The lowest BCUT2D eigenvalue weighted by atomic mass is 10.1. The molecule has 0 spiro atoms. The van der Waals surface area contributed by atoms with E-state index in [1.165, 1.54) is 64.2 Å². The van der Waals surface area contributed by atoms with Gasteiger partial charge in [-0.25, -0.2) is 0 Å². The van der Waals surface area contributed by atoms with E-state index in [9.17, 15) is 19.7 Å². The van der Waals surface area contributed by atoms with E-state index >= 15 is 0 Å². The molecule has 1 aromatic carbocycles. The minimum Gasteiger partial charge on any atom is -0.490 e. The van der Waals surface area contributed by atoms with Crippen molar-refractivity contribution in [2.24, 2.45) is 0 Å². The maximum atomic E-state index is 11.9. The first-order valence-corrected chi connectivity index (χ1v) is 11.6. The van der Waals surface area contributed by atoms with Crippen LogP contribution in [0.15, 0.2) is 18.2 Å². The number of carbonyl (C=O) groups is 2. The second-order valence-corrected chi connectivity index (χ2v) is 7.83. The average molecular weight is 452 g/mol. The van der Waals surface area contributed by atoms with E-state index in [0.717, 1.165) is 12.8 Å². The van der Waals surface area contributed by atoms with Gasteiger partial charge in [0.25, 0.3) is 0 Å². The van der Waals surface area contributed by atoms with E-state index in [2.05, 4.69) is 6.92 Å². The molecule has 8 heteroatoms. The quantitative estimate of drug-likeness (QED) is 0.119. The molecular weight excluding hydrogens is 414 g/mol. The van der Waals surface area contributed by atoms with Crippen LogP contribution >= 0.6 is 0 Å². The molecule has 0 N–H and O–H groups in total. The maximum Gasteiger partial charge on any atom is 0.311 e. The van der Waals surface area contributed by atoms with E-state index < -0.39 is 10.9 Å². The fourth-order valence-corrected chi connectivity index (χ4v) is 3.25. The summed E-state index contributed by atoms with van der Waals surface area (Å²) in [4.78, 5) is 34.1. The lowest BCUT2D eigenvalue weighted by molar-refractivity contribution is -0.385. The Hall–Kier alpha value is -2.64. The Morgan fingerprint density at radius 3 is 2.06 bits per heavy atom. The van der Waals surface area contributed by atoms with Gasteiger partial charge in [-0.1, -0.05) is 64.4 Å². The van der Waals surface area contributed by atoms with Crippen molar-refractivity contribution in [3.8, 4) is 5.75 Å². The highest BCUT2D eigenvalue weighted by Gasteiger charge is 2.16. The van der Waals surface area contributed by atoms with E-state index in [0.29, 0.717) is 18.6 Å². The summed E-state index contributed by atoms with van der Waals surface area (Å²) >= 11 is 0. The molecule has 0 aliphatic carbocycles.